The maximum absolute atomic E-state index is 13.2. The summed E-state index contributed by atoms with van der Waals surface area (Å²) < 4.78 is 0. The van der Waals surface area contributed by atoms with Crippen LogP contribution in [0.1, 0.15) is 58.8 Å². The maximum atomic E-state index is 13.2. The van der Waals surface area contributed by atoms with Gasteiger partial charge in [0.25, 0.3) is 0 Å². The summed E-state index contributed by atoms with van der Waals surface area (Å²) in [6.45, 7) is 4.36. The molecule has 12 N–H and O–H groups in total. The molecule has 0 aliphatic carbocycles. The minimum absolute atomic E-state index is 0.102. The van der Waals surface area contributed by atoms with Crippen molar-refractivity contribution >= 4 is 41.4 Å². The number of carboxylic acids is 1. The molecule has 0 saturated carbocycles. The van der Waals surface area contributed by atoms with E-state index in [0.717, 1.165) is 6.42 Å². The number of nitrogens with two attached hydrogens (primary N) is 4. The Morgan fingerprint density at radius 2 is 1.57 bits per heavy atom. The number of nitrogens with zero attached hydrogens (tertiary/aromatic N) is 1. The van der Waals surface area contributed by atoms with E-state index >= 15 is 0 Å². The van der Waals surface area contributed by atoms with E-state index in [0.29, 0.717) is 44.4 Å². The van der Waals surface area contributed by atoms with Gasteiger partial charge in [0.15, 0.2) is 5.96 Å². The summed E-state index contributed by atoms with van der Waals surface area (Å²) in [6, 6.07) is -3.84. The SMILES string of the molecule is CCC(C)C(NC(=O)C(CCSC)NC(=O)C(N)CCCCN)C(=O)NC(CCCN=C(N)N)C(=O)O. The third-order valence-corrected chi connectivity index (χ3v) is 6.55. The smallest absolute Gasteiger partial charge is 0.326 e. The lowest BCUT2D eigenvalue weighted by Crippen LogP contribution is -2.58. The molecular formula is C23H46N8O5S. The van der Waals surface area contributed by atoms with Gasteiger partial charge in [-0.15, -0.1) is 0 Å². The van der Waals surface area contributed by atoms with Crippen LogP contribution in [0.3, 0.4) is 0 Å². The number of aliphatic imine (C=N–C) groups is 1. The average Bonchev–Trinajstić information content (AvgIpc) is 2.85. The number of aliphatic carboxylic acids is 1. The van der Waals surface area contributed by atoms with Gasteiger partial charge in [0, 0.05) is 6.54 Å². The summed E-state index contributed by atoms with van der Waals surface area (Å²) in [6.07, 6.45) is 5.09. The predicted molar refractivity (Wildman–Crippen MR) is 147 cm³/mol. The quantitative estimate of drug-likeness (QED) is 0.0517. The van der Waals surface area contributed by atoms with E-state index in [2.05, 4.69) is 20.9 Å². The highest BCUT2D eigenvalue weighted by Crippen LogP contribution is 2.11. The first-order chi connectivity index (χ1) is 17.5. The van der Waals surface area contributed by atoms with Gasteiger partial charge in [-0.05, 0) is 56.6 Å². The van der Waals surface area contributed by atoms with Crippen LogP contribution in [0.25, 0.3) is 0 Å². The molecule has 0 fully saturated rings. The van der Waals surface area contributed by atoms with E-state index in [1.54, 1.807) is 6.92 Å². The van der Waals surface area contributed by atoms with Crippen molar-refractivity contribution in [1.82, 2.24) is 16.0 Å². The number of carbonyl (C=O) groups is 4. The monoisotopic (exact) mass is 546 g/mol. The number of nitrogens with one attached hydrogen (secondary N) is 3. The van der Waals surface area contributed by atoms with Crippen molar-refractivity contribution in [2.24, 2.45) is 33.8 Å². The van der Waals surface area contributed by atoms with Gasteiger partial charge in [-0.3, -0.25) is 19.4 Å². The fraction of sp³-hybridized carbons (Fsp3) is 0.783. The summed E-state index contributed by atoms with van der Waals surface area (Å²) in [5.74, 6) is -2.61. The molecule has 0 aliphatic rings. The molecule has 14 heteroatoms. The molecule has 0 heterocycles. The van der Waals surface area contributed by atoms with Gasteiger partial charge in [0.05, 0.1) is 6.04 Å². The molecule has 0 rings (SSSR count). The van der Waals surface area contributed by atoms with Gasteiger partial charge in [-0.2, -0.15) is 11.8 Å². The first kappa shape index (κ1) is 34.4. The summed E-state index contributed by atoms with van der Waals surface area (Å²) in [7, 11) is 0. The number of thioether (sulfide) groups is 1. The van der Waals surface area contributed by atoms with Crippen molar-refractivity contribution in [2.45, 2.75) is 83.0 Å². The van der Waals surface area contributed by atoms with Crippen LogP contribution in [0.4, 0.5) is 0 Å². The summed E-state index contributed by atoms with van der Waals surface area (Å²) in [5, 5.41) is 17.5. The Morgan fingerprint density at radius 1 is 0.919 bits per heavy atom. The Kier molecular flexibility index (Phi) is 18.2. The predicted octanol–water partition coefficient (Wildman–Crippen LogP) is -1.17. The van der Waals surface area contributed by atoms with Gasteiger partial charge in [-0.25, -0.2) is 4.79 Å². The van der Waals surface area contributed by atoms with E-state index in [9.17, 15) is 24.3 Å². The highest BCUT2D eigenvalue weighted by molar-refractivity contribution is 7.98. The second kappa shape index (κ2) is 19.5. The fourth-order valence-corrected chi connectivity index (χ4v) is 3.87. The summed E-state index contributed by atoms with van der Waals surface area (Å²) >= 11 is 1.51. The van der Waals surface area contributed by atoms with Crippen LogP contribution in [0.15, 0.2) is 4.99 Å². The number of carboxylic acid groups (broad SMARTS) is 1. The molecule has 5 unspecified atom stereocenters. The van der Waals surface area contributed by atoms with E-state index in [4.69, 9.17) is 22.9 Å². The maximum Gasteiger partial charge on any atom is 0.326 e. The van der Waals surface area contributed by atoms with Crippen LogP contribution in [0.5, 0.6) is 0 Å². The summed E-state index contributed by atoms with van der Waals surface area (Å²) in [4.78, 5) is 54.3. The zero-order valence-electron chi connectivity index (χ0n) is 22.2. The molecule has 214 valence electrons. The van der Waals surface area contributed by atoms with Crippen LogP contribution in [0, 0.1) is 5.92 Å². The van der Waals surface area contributed by atoms with Crippen LogP contribution in [-0.2, 0) is 19.2 Å². The topological polar surface area (TPSA) is 241 Å². The molecule has 0 aliphatic heterocycles. The van der Waals surface area contributed by atoms with Crippen molar-refractivity contribution < 1.29 is 24.3 Å². The van der Waals surface area contributed by atoms with E-state index < -0.39 is 47.9 Å². The number of hydrogen-bond donors (Lipinski definition) is 8. The van der Waals surface area contributed by atoms with Crippen LogP contribution in [-0.4, -0.2) is 84.0 Å². The first-order valence-corrected chi connectivity index (χ1v) is 14.0. The normalized spacial score (nSPS) is 14.9. The van der Waals surface area contributed by atoms with Crippen LogP contribution in [0.2, 0.25) is 0 Å². The van der Waals surface area contributed by atoms with Gasteiger partial charge in [0.2, 0.25) is 17.7 Å². The van der Waals surface area contributed by atoms with Crippen LogP contribution < -0.4 is 38.9 Å². The number of rotatable bonds is 20. The Hall–Kier alpha value is -2.58. The molecular weight excluding hydrogens is 500 g/mol. The number of hydrogen-bond acceptors (Lipinski definition) is 8. The van der Waals surface area contributed by atoms with E-state index in [1.165, 1.54) is 11.8 Å². The van der Waals surface area contributed by atoms with Gasteiger partial charge < -0.3 is 44.0 Å². The highest BCUT2D eigenvalue weighted by Gasteiger charge is 2.32. The lowest BCUT2D eigenvalue weighted by molar-refractivity contribution is -0.143. The number of carbonyl (C=O) groups excluding carboxylic acids is 3. The van der Waals surface area contributed by atoms with Crippen molar-refractivity contribution in [3.63, 3.8) is 0 Å². The average molecular weight is 547 g/mol. The summed E-state index contributed by atoms with van der Waals surface area (Å²) in [5.41, 5.74) is 22.0. The molecule has 0 bridgehead atoms. The van der Waals surface area contributed by atoms with Gasteiger partial charge in [-0.1, -0.05) is 26.7 Å². The van der Waals surface area contributed by atoms with Crippen molar-refractivity contribution in [2.75, 3.05) is 25.1 Å². The lowest BCUT2D eigenvalue weighted by atomic mass is 9.97. The molecule has 37 heavy (non-hydrogen) atoms. The molecule has 0 aromatic heterocycles. The second-order valence-electron chi connectivity index (χ2n) is 8.95. The Balaban J connectivity index is 5.42. The second-order valence-corrected chi connectivity index (χ2v) is 9.94. The Morgan fingerprint density at radius 3 is 2.11 bits per heavy atom. The Bertz CT molecular complexity index is 751. The Labute approximate surface area is 223 Å². The molecule has 0 aromatic rings. The third kappa shape index (κ3) is 14.7. The zero-order chi connectivity index (χ0) is 28.4. The number of unbranched alkanes of at least 4 members (excludes halogenated alkanes) is 1. The van der Waals surface area contributed by atoms with Gasteiger partial charge >= 0.3 is 5.97 Å². The van der Waals surface area contributed by atoms with Crippen molar-refractivity contribution in [3.05, 3.63) is 0 Å². The largest absolute Gasteiger partial charge is 0.480 e. The van der Waals surface area contributed by atoms with Gasteiger partial charge in [0.1, 0.15) is 18.1 Å². The van der Waals surface area contributed by atoms with E-state index in [-0.39, 0.29) is 24.8 Å². The highest BCUT2D eigenvalue weighted by atomic mass is 32.2. The molecule has 13 nitrogen and oxygen atoms in total. The van der Waals surface area contributed by atoms with Crippen molar-refractivity contribution in [1.29, 1.82) is 0 Å². The third-order valence-electron chi connectivity index (χ3n) is 5.90. The van der Waals surface area contributed by atoms with Crippen LogP contribution >= 0.6 is 11.8 Å². The molecule has 3 amide bonds. The first-order valence-electron chi connectivity index (χ1n) is 12.6. The molecule has 0 radical (unpaired) electrons. The molecule has 0 spiro atoms. The molecule has 5 atom stereocenters. The lowest BCUT2D eigenvalue weighted by Gasteiger charge is -2.28. The van der Waals surface area contributed by atoms with E-state index in [1.807, 2.05) is 13.2 Å². The fourth-order valence-electron chi connectivity index (χ4n) is 3.40. The standard InChI is InChI=1S/C23H46N8O5S/c1-4-14(2)18(21(34)30-17(22(35)36)9-7-12-28-23(26)27)31-20(33)16(10-13-37-3)29-19(32)15(25)8-5-6-11-24/h14-18H,4-13,24-25H2,1-3H3,(H,29,32)(H,30,34)(H,31,33)(H,35,36)(H4,26,27,28). The van der Waals surface area contributed by atoms with Crippen molar-refractivity contribution in [3.8, 4) is 0 Å². The molecule has 0 aromatic carbocycles. The minimum Gasteiger partial charge on any atom is -0.480 e. The number of guanidine groups is 1. The molecule has 0 saturated heterocycles. The minimum atomic E-state index is -1.21. The number of amides is 3. The zero-order valence-corrected chi connectivity index (χ0v) is 23.0.